The molecule has 2 amide bonds. The van der Waals surface area contributed by atoms with Crippen LogP contribution in [-0.2, 0) is 16.1 Å². The third kappa shape index (κ3) is 3.80. The van der Waals surface area contributed by atoms with Gasteiger partial charge in [0.25, 0.3) is 5.91 Å². The Morgan fingerprint density at radius 3 is 2.86 bits per heavy atom. The van der Waals surface area contributed by atoms with E-state index >= 15 is 0 Å². The molecule has 1 atom stereocenters. The van der Waals surface area contributed by atoms with Crippen LogP contribution in [0.1, 0.15) is 12.0 Å². The summed E-state index contributed by atoms with van der Waals surface area (Å²) in [5.74, 6) is -1.35. The Morgan fingerprint density at radius 2 is 2.07 bits per heavy atom. The minimum Gasteiger partial charge on any atom is -0.489 e. The van der Waals surface area contributed by atoms with E-state index in [1.54, 1.807) is 23.1 Å². The Balaban J connectivity index is 1.69. The number of anilines is 2. The number of carbonyl (C=O) groups excluding carboxylic acids is 2. The molecular formula is C20H19F2N3O4. The lowest BCUT2D eigenvalue weighted by Crippen LogP contribution is -2.45. The largest absolute Gasteiger partial charge is 0.489 e. The topological polar surface area (TPSA) is 79.9 Å². The molecule has 2 aliphatic rings. The number of ether oxygens (including phenoxy) is 2. The Labute approximate surface area is 165 Å². The minimum atomic E-state index is -0.767. The molecule has 9 heteroatoms. The Bertz CT molecular complexity index is 982. The van der Waals surface area contributed by atoms with Crippen molar-refractivity contribution in [3.8, 4) is 11.5 Å². The number of nitrogens with zero attached hydrogens (tertiary/aromatic N) is 1. The van der Waals surface area contributed by atoms with Gasteiger partial charge >= 0.3 is 0 Å². The van der Waals surface area contributed by atoms with Crippen molar-refractivity contribution < 1.29 is 27.8 Å². The second kappa shape index (κ2) is 7.57. The van der Waals surface area contributed by atoms with Gasteiger partial charge in [0, 0.05) is 25.7 Å². The zero-order valence-electron chi connectivity index (χ0n) is 15.6. The van der Waals surface area contributed by atoms with Crippen molar-refractivity contribution in [3.63, 3.8) is 0 Å². The fourth-order valence-electron chi connectivity index (χ4n) is 3.51. The second-order valence-electron chi connectivity index (χ2n) is 6.87. The number of benzene rings is 2. The molecule has 2 heterocycles. The molecule has 4 rings (SSSR count). The van der Waals surface area contributed by atoms with Gasteiger partial charge in [-0.2, -0.15) is 0 Å². The molecule has 0 bridgehead atoms. The van der Waals surface area contributed by atoms with Crippen LogP contribution in [0.25, 0.3) is 0 Å². The van der Waals surface area contributed by atoms with Crippen molar-refractivity contribution in [1.29, 1.82) is 0 Å². The van der Waals surface area contributed by atoms with Crippen LogP contribution in [0.15, 0.2) is 30.3 Å². The van der Waals surface area contributed by atoms with Crippen molar-refractivity contribution in [2.24, 2.45) is 0 Å². The molecule has 2 aromatic rings. The number of nitrogens with one attached hydrogen (secondary N) is 2. The highest BCUT2D eigenvalue weighted by atomic mass is 19.1. The van der Waals surface area contributed by atoms with Crippen LogP contribution in [-0.4, -0.2) is 38.1 Å². The molecule has 2 aromatic carbocycles. The highest BCUT2D eigenvalue weighted by molar-refractivity contribution is 5.95. The van der Waals surface area contributed by atoms with E-state index in [0.717, 1.165) is 17.7 Å². The molecule has 152 valence electrons. The van der Waals surface area contributed by atoms with Crippen LogP contribution in [0.5, 0.6) is 11.5 Å². The first-order chi connectivity index (χ1) is 13.9. The van der Waals surface area contributed by atoms with Crippen LogP contribution in [0.2, 0.25) is 0 Å². The smallest absolute Gasteiger partial charge is 0.262 e. The Hall–Kier alpha value is -3.36. The van der Waals surface area contributed by atoms with Gasteiger partial charge in [0.15, 0.2) is 12.4 Å². The van der Waals surface area contributed by atoms with E-state index in [1.807, 2.05) is 0 Å². The van der Waals surface area contributed by atoms with E-state index in [0.29, 0.717) is 11.4 Å². The maximum atomic E-state index is 14.7. The van der Waals surface area contributed by atoms with Gasteiger partial charge in [0.05, 0.1) is 18.2 Å². The van der Waals surface area contributed by atoms with Gasteiger partial charge in [-0.25, -0.2) is 8.78 Å². The number of fused-ring (bicyclic) bond motifs is 2. The summed E-state index contributed by atoms with van der Waals surface area (Å²) in [5, 5.41) is 5.28. The highest BCUT2D eigenvalue weighted by Crippen LogP contribution is 2.39. The number of carbonyl (C=O) groups is 2. The average Bonchev–Trinajstić information content (AvgIpc) is 2.68. The van der Waals surface area contributed by atoms with Gasteiger partial charge in [-0.3, -0.25) is 9.59 Å². The molecule has 0 aliphatic carbocycles. The standard InChI is InChI=1S/C20H19F2N3O4/c1-23-18(26)7-13-9-28-17-6-12(21)5-14(22)20(17)25(13)8-11-2-3-16-15(4-11)24-19(27)10-29-16/h2-6,13H,7-10H2,1H3,(H,23,26)(H,24,27). The number of amides is 2. The third-order valence-electron chi connectivity index (χ3n) is 4.88. The van der Waals surface area contributed by atoms with E-state index in [4.69, 9.17) is 9.47 Å². The lowest BCUT2D eigenvalue weighted by molar-refractivity contribution is -0.121. The predicted octanol–water partition coefficient (Wildman–Crippen LogP) is 2.20. The molecule has 2 aliphatic heterocycles. The molecule has 0 saturated heterocycles. The molecule has 0 spiro atoms. The summed E-state index contributed by atoms with van der Waals surface area (Å²) < 4.78 is 39.2. The van der Waals surface area contributed by atoms with Crippen LogP contribution in [0.3, 0.4) is 0 Å². The normalized spacial score (nSPS) is 17.4. The summed E-state index contributed by atoms with van der Waals surface area (Å²) in [4.78, 5) is 25.2. The van der Waals surface area contributed by atoms with E-state index in [1.165, 1.54) is 7.05 Å². The summed E-state index contributed by atoms with van der Waals surface area (Å²) in [6.45, 7) is 0.284. The van der Waals surface area contributed by atoms with E-state index in [-0.39, 0.29) is 49.4 Å². The maximum Gasteiger partial charge on any atom is 0.262 e. The molecule has 0 radical (unpaired) electrons. The number of hydrogen-bond acceptors (Lipinski definition) is 5. The quantitative estimate of drug-likeness (QED) is 0.818. The van der Waals surface area contributed by atoms with Gasteiger partial charge in [-0.15, -0.1) is 0 Å². The summed E-state index contributed by atoms with van der Waals surface area (Å²) in [5.41, 5.74) is 1.38. The van der Waals surface area contributed by atoms with E-state index in [2.05, 4.69) is 10.6 Å². The monoisotopic (exact) mass is 403 g/mol. The zero-order valence-corrected chi connectivity index (χ0v) is 15.6. The number of rotatable bonds is 4. The van der Waals surface area contributed by atoms with Gasteiger partial charge in [0.1, 0.15) is 29.6 Å². The van der Waals surface area contributed by atoms with Crippen molar-refractivity contribution in [2.45, 2.75) is 19.0 Å². The average molecular weight is 403 g/mol. The van der Waals surface area contributed by atoms with Crippen molar-refractivity contribution in [1.82, 2.24) is 5.32 Å². The van der Waals surface area contributed by atoms with Gasteiger partial charge < -0.3 is 25.0 Å². The first-order valence-corrected chi connectivity index (χ1v) is 9.09. The first kappa shape index (κ1) is 19.0. The summed E-state index contributed by atoms with van der Waals surface area (Å²) in [6, 6.07) is 6.72. The number of hydrogen-bond donors (Lipinski definition) is 2. The van der Waals surface area contributed by atoms with Crippen LogP contribution >= 0.6 is 0 Å². The molecule has 29 heavy (non-hydrogen) atoms. The SMILES string of the molecule is CNC(=O)CC1COc2cc(F)cc(F)c2N1Cc1ccc2c(c1)NC(=O)CO2. The summed E-state index contributed by atoms with van der Waals surface area (Å²) in [7, 11) is 1.52. The van der Waals surface area contributed by atoms with Gasteiger partial charge in [0.2, 0.25) is 5.91 Å². The fourth-order valence-corrected chi connectivity index (χ4v) is 3.51. The highest BCUT2D eigenvalue weighted by Gasteiger charge is 2.32. The molecular weight excluding hydrogens is 384 g/mol. The lowest BCUT2D eigenvalue weighted by Gasteiger charge is -2.38. The number of halogens is 2. The third-order valence-corrected chi connectivity index (χ3v) is 4.88. The van der Waals surface area contributed by atoms with Crippen molar-refractivity contribution >= 4 is 23.2 Å². The molecule has 2 N–H and O–H groups in total. The lowest BCUT2D eigenvalue weighted by atomic mass is 10.0. The zero-order chi connectivity index (χ0) is 20.5. The van der Waals surface area contributed by atoms with Crippen LogP contribution in [0.4, 0.5) is 20.2 Å². The molecule has 0 fully saturated rings. The molecule has 1 unspecified atom stereocenters. The van der Waals surface area contributed by atoms with Crippen LogP contribution < -0.4 is 25.0 Å². The van der Waals surface area contributed by atoms with E-state index in [9.17, 15) is 18.4 Å². The predicted molar refractivity (Wildman–Crippen MR) is 101 cm³/mol. The van der Waals surface area contributed by atoms with Gasteiger partial charge in [-0.05, 0) is 17.7 Å². The van der Waals surface area contributed by atoms with E-state index < -0.39 is 17.7 Å². The first-order valence-electron chi connectivity index (χ1n) is 9.09. The molecule has 7 nitrogen and oxygen atoms in total. The van der Waals surface area contributed by atoms with Gasteiger partial charge in [-0.1, -0.05) is 6.07 Å². The summed E-state index contributed by atoms with van der Waals surface area (Å²) >= 11 is 0. The van der Waals surface area contributed by atoms with Crippen molar-refractivity contribution in [2.75, 3.05) is 30.5 Å². The summed E-state index contributed by atoms with van der Waals surface area (Å²) in [6.07, 6.45) is 0.0809. The second-order valence-corrected chi connectivity index (χ2v) is 6.87. The molecule has 0 aromatic heterocycles. The van der Waals surface area contributed by atoms with Crippen LogP contribution in [0, 0.1) is 11.6 Å². The molecule has 0 saturated carbocycles. The Kier molecular flexibility index (Phi) is 4.96. The van der Waals surface area contributed by atoms with Crippen molar-refractivity contribution in [3.05, 3.63) is 47.5 Å². The maximum absolute atomic E-state index is 14.7. The fraction of sp³-hybridized carbons (Fsp3) is 0.300. The Morgan fingerprint density at radius 1 is 1.24 bits per heavy atom. The minimum absolute atomic E-state index is 0.0475.